The van der Waals surface area contributed by atoms with E-state index < -0.39 is 20.0 Å². The number of rotatable bonds is 0. The van der Waals surface area contributed by atoms with Crippen LogP contribution in [0.15, 0.2) is 0 Å². The predicted molar refractivity (Wildman–Crippen MR) is 43.0 cm³/mol. The molecule has 1 heterocycles. The lowest BCUT2D eigenvalue weighted by Gasteiger charge is -2.21. The standard InChI is InChI=1S/C3H10B3N2O3/c1-3(2)4-10-6(8)11-5(7)9-3/h7-8H2,1-2H3. The largest absolute Gasteiger partial charge is 0.539 e. The molecule has 1 radical (unpaired) electrons. The zero-order valence-electron chi connectivity index (χ0n) is 6.61. The molecule has 1 aliphatic heterocycles. The highest BCUT2D eigenvalue weighted by atomic mass is 16.7. The maximum atomic E-state index is 5.38. The Morgan fingerprint density at radius 3 is 2.55 bits per heavy atom. The van der Waals surface area contributed by atoms with E-state index in [0.717, 1.165) is 0 Å². The Kier molecular flexibility index (Phi) is 2.61. The molecule has 0 aromatic carbocycles. The summed E-state index contributed by atoms with van der Waals surface area (Å²) in [5, 5.41) is 0. The van der Waals surface area contributed by atoms with Crippen LogP contribution >= 0.6 is 0 Å². The molecule has 8 heteroatoms. The first-order valence-electron chi connectivity index (χ1n) is 3.34. The van der Waals surface area contributed by atoms with E-state index in [1.807, 2.05) is 0 Å². The molecule has 0 bridgehead atoms. The molecule has 5 nitrogen and oxygen atoms in total. The van der Waals surface area contributed by atoms with Gasteiger partial charge in [0.15, 0.2) is 0 Å². The van der Waals surface area contributed by atoms with Gasteiger partial charge in [-0.25, -0.2) is 0 Å². The van der Waals surface area contributed by atoms with Crippen molar-refractivity contribution >= 4 is 22.0 Å². The molecule has 1 aliphatic rings. The summed E-state index contributed by atoms with van der Waals surface area (Å²) in [6.07, 6.45) is 0. The maximum Gasteiger partial charge on any atom is 0.539 e. The molecule has 1 saturated heterocycles. The maximum absolute atomic E-state index is 5.38. The van der Waals surface area contributed by atoms with Gasteiger partial charge in [0.2, 0.25) is 0 Å². The first kappa shape index (κ1) is 9.09. The van der Waals surface area contributed by atoms with Crippen LogP contribution in [0.1, 0.15) is 13.8 Å². The molecule has 0 aromatic rings. The molecule has 1 rings (SSSR count). The summed E-state index contributed by atoms with van der Waals surface area (Å²) in [6.45, 7) is 3.60. The second-order valence-corrected chi connectivity index (χ2v) is 2.85. The molecule has 0 amide bonds. The van der Waals surface area contributed by atoms with Crippen molar-refractivity contribution in [1.29, 1.82) is 0 Å². The lowest BCUT2D eigenvalue weighted by molar-refractivity contribution is 0.163. The van der Waals surface area contributed by atoms with E-state index >= 15 is 0 Å². The minimum Gasteiger partial charge on any atom is -0.463 e. The zero-order valence-corrected chi connectivity index (χ0v) is 6.61. The van der Waals surface area contributed by atoms with Crippen molar-refractivity contribution in [2.45, 2.75) is 19.3 Å². The van der Waals surface area contributed by atoms with Crippen molar-refractivity contribution in [2.75, 3.05) is 0 Å². The quantitative estimate of drug-likeness (QED) is 0.407. The first-order chi connectivity index (χ1) is 4.99. The van der Waals surface area contributed by atoms with E-state index in [2.05, 4.69) is 0 Å². The van der Waals surface area contributed by atoms with E-state index in [-0.39, 0.29) is 0 Å². The van der Waals surface area contributed by atoms with Gasteiger partial charge in [-0.15, -0.1) is 0 Å². The molecule has 1 fully saturated rings. The molecule has 0 unspecified atom stereocenters. The van der Waals surface area contributed by atoms with Gasteiger partial charge in [-0.05, 0) is 13.8 Å². The van der Waals surface area contributed by atoms with Crippen LogP contribution in [0.4, 0.5) is 0 Å². The summed E-state index contributed by atoms with van der Waals surface area (Å²) in [6, 6.07) is 0. The molecule has 0 aromatic heterocycles. The van der Waals surface area contributed by atoms with E-state index in [1.165, 1.54) is 7.48 Å². The average Bonchev–Trinajstić information content (AvgIpc) is 1.90. The molecule has 4 N–H and O–H groups in total. The Hall–Kier alpha value is -0.00519. The Bertz CT molecular complexity index is 146. The van der Waals surface area contributed by atoms with Gasteiger partial charge >= 0.3 is 22.0 Å². The number of hydrogen-bond acceptors (Lipinski definition) is 5. The second-order valence-electron chi connectivity index (χ2n) is 2.85. The summed E-state index contributed by atoms with van der Waals surface area (Å²) in [5.41, 5.74) is 10.1. The van der Waals surface area contributed by atoms with Gasteiger partial charge in [0.25, 0.3) is 0 Å². The third-order valence-corrected chi connectivity index (χ3v) is 1.17. The molecule has 11 heavy (non-hydrogen) atoms. The van der Waals surface area contributed by atoms with Crippen LogP contribution in [0.3, 0.4) is 0 Å². The Balaban J connectivity index is 2.53. The van der Waals surface area contributed by atoms with Crippen LogP contribution in [-0.4, -0.2) is 27.5 Å². The highest BCUT2D eigenvalue weighted by Gasteiger charge is 2.36. The zero-order chi connectivity index (χ0) is 8.48. The van der Waals surface area contributed by atoms with Gasteiger partial charge < -0.3 is 25.1 Å². The van der Waals surface area contributed by atoms with E-state index in [0.29, 0.717) is 0 Å². The number of nitrogens with two attached hydrogens (primary N) is 2. The van der Waals surface area contributed by atoms with Crippen molar-refractivity contribution in [3.8, 4) is 0 Å². The lowest BCUT2D eigenvalue weighted by Crippen LogP contribution is -2.44. The van der Waals surface area contributed by atoms with Crippen LogP contribution in [0.5, 0.6) is 0 Å². The van der Waals surface area contributed by atoms with Gasteiger partial charge in [-0.3, -0.25) is 0 Å². The van der Waals surface area contributed by atoms with E-state index in [9.17, 15) is 0 Å². The van der Waals surface area contributed by atoms with Crippen LogP contribution in [0.2, 0.25) is 0 Å². The Morgan fingerprint density at radius 1 is 1.27 bits per heavy atom. The molecule has 59 valence electrons. The third-order valence-electron chi connectivity index (χ3n) is 1.17. The molecule has 0 spiro atoms. The SMILES string of the molecule is CC1(C)[B]OB(N)OB(N)O1. The monoisotopic (exact) mass is 155 g/mol. The van der Waals surface area contributed by atoms with Crippen LogP contribution < -0.4 is 11.3 Å². The van der Waals surface area contributed by atoms with Crippen molar-refractivity contribution in [1.82, 2.24) is 0 Å². The fourth-order valence-electron chi connectivity index (χ4n) is 0.750. The van der Waals surface area contributed by atoms with E-state index in [1.54, 1.807) is 13.8 Å². The molecule has 0 atom stereocenters. The highest BCUT2D eigenvalue weighted by Crippen LogP contribution is 2.11. The second kappa shape index (κ2) is 3.16. The van der Waals surface area contributed by atoms with Crippen molar-refractivity contribution in [2.24, 2.45) is 11.3 Å². The Labute approximate surface area is 67.3 Å². The van der Waals surface area contributed by atoms with Gasteiger partial charge in [0.1, 0.15) is 0 Å². The topological polar surface area (TPSA) is 79.7 Å². The lowest BCUT2D eigenvalue weighted by atomic mass is 9.76. The summed E-state index contributed by atoms with van der Waals surface area (Å²) in [5.74, 6) is 0. The average molecular weight is 155 g/mol. The van der Waals surface area contributed by atoms with Gasteiger partial charge in [-0.2, -0.15) is 0 Å². The van der Waals surface area contributed by atoms with Crippen LogP contribution in [0.25, 0.3) is 0 Å². The summed E-state index contributed by atoms with van der Waals surface area (Å²) in [7, 11) is -0.213. The minimum atomic E-state index is -0.841. The van der Waals surface area contributed by atoms with Crippen molar-refractivity contribution < 1.29 is 13.8 Å². The summed E-state index contributed by atoms with van der Waals surface area (Å²) >= 11 is 0. The molecular weight excluding hydrogens is 144 g/mol. The highest BCUT2D eigenvalue weighted by molar-refractivity contribution is 6.62. The predicted octanol–water partition coefficient (Wildman–Crippen LogP) is -1.71. The number of hydrogen-bond donors (Lipinski definition) is 2. The summed E-state index contributed by atoms with van der Waals surface area (Å²) in [4.78, 5) is 0. The van der Waals surface area contributed by atoms with Crippen molar-refractivity contribution in [3.05, 3.63) is 0 Å². The molecular formula is C3H10B3N2O3. The fraction of sp³-hybridized carbons (Fsp3) is 1.00. The van der Waals surface area contributed by atoms with Gasteiger partial charge in [0, 0.05) is 5.50 Å². The summed E-state index contributed by atoms with van der Waals surface area (Å²) < 4.78 is 14.9. The smallest absolute Gasteiger partial charge is 0.463 e. The minimum absolute atomic E-state index is 0.562. The Morgan fingerprint density at radius 2 is 1.91 bits per heavy atom. The normalized spacial score (nSPS) is 24.4. The van der Waals surface area contributed by atoms with Crippen LogP contribution in [-0.2, 0) is 13.8 Å². The first-order valence-corrected chi connectivity index (χ1v) is 3.34. The van der Waals surface area contributed by atoms with Crippen LogP contribution in [0, 0.1) is 0 Å². The molecule has 0 saturated carbocycles. The third kappa shape index (κ3) is 2.84. The van der Waals surface area contributed by atoms with Gasteiger partial charge in [-0.1, -0.05) is 0 Å². The fourth-order valence-corrected chi connectivity index (χ4v) is 0.750. The van der Waals surface area contributed by atoms with Gasteiger partial charge in [0.05, 0.1) is 0 Å². The van der Waals surface area contributed by atoms with E-state index in [4.69, 9.17) is 25.1 Å². The van der Waals surface area contributed by atoms with Crippen molar-refractivity contribution in [3.63, 3.8) is 0 Å². The molecule has 0 aliphatic carbocycles.